The molecular formula is C10H6F3N3O3. The van der Waals surface area contributed by atoms with Gasteiger partial charge in [-0.1, -0.05) is 0 Å². The lowest BCUT2D eigenvalue weighted by molar-refractivity contribution is -0.137. The highest BCUT2D eigenvalue weighted by Crippen LogP contribution is 2.29. The smallest absolute Gasteiger partial charge is 0.416 e. The van der Waals surface area contributed by atoms with Gasteiger partial charge in [-0.2, -0.15) is 17.9 Å². The first-order chi connectivity index (χ1) is 8.79. The molecule has 6 nitrogen and oxygen atoms in total. The van der Waals surface area contributed by atoms with Gasteiger partial charge in [0.05, 0.1) is 11.3 Å². The van der Waals surface area contributed by atoms with Crippen LogP contribution in [0.3, 0.4) is 0 Å². The fraction of sp³-hybridized carbons (Fsp3) is 0.100. The first-order valence-electron chi connectivity index (χ1n) is 4.89. The van der Waals surface area contributed by atoms with Crippen molar-refractivity contribution in [2.45, 2.75) is 6.18 Å². The van der Waals surface area contributed by atoms with E-state index in [2.05, 4.69) is 5.10 Å². The first-order valence-corrected chi connectivity index (χ1v) is 4.89. The second-order valence-electron chi connectivity index (χ2n) is 3.54. The summed E-state index contributed by atoms with van der Waals surface area (Å²) in [7, 11) is 0. The van der Waals surface area contributed by atoms with Crippen LogP contribution >= 0.6 is 0 Å². The van der Waals surface area contributed by atoms with Crippen molar-refractivity contribution in [3.63, 3.8) is 0 Å². The van der Waals surface area contributed by atoms with Gasteiger partial charge in [0.1, 0.15) is 0 Å². The monoisotopic (exact) mass is 273 g/mol. The summed E-state index contributed by atoms with van der Waals surface area (Å²) < 4.78 is 37.7. The summed E-state index contributed by atoms with van der Waals surface area (Å²) in [6.45, 7) is 0. The molecule has 9 heteroatoms. The molecule has 0 spiro atoms. The summed E-state index contributed by atoms with van der Waals surface area (Å²) in [5.41, 5.74) is -1.70. The third-order valence-electron chi connectivity index (χ3n) is 2.26. The summed E-state index contributed by atoms with van der Waals surface area (Å²) in [4.78, 5) is 23.9. The molecule has 0 bridgehead atoms. The lowest BCUT2D eigenvalue weighted by Gasteiger charge is -2.06. The molecule has 0 atom stereocenters. The average molecular weight is 273 g/mol. The van der Waals surface area contributed by atoms with E-state index in [1.165, 1.54) is 0 Å². The molecule has 100 valence electrons. The number of halogens is 3. The molecule has 0 fully saturated rings. The summed E-state index contributed by atoms with van der Waals surface area (Å²) in [6.07, 6.45) is -4.48. The van der Waals surface area contributed by atoms with Gasteiger partial charge in [-0.15, -0.1) is 5.10 Å². The standard InChI is InChI=1S/C10H6F3N3O3/c11-10(12,13)5-1-3-6(4-2-5)16-9(19)14-7(15-16)8(17)18/h1-4H,(H,17,18)(H,14,15,19). The zero-order valence-electron chi connectivity index (χ0n) is 9.10. The van der Waals surface area contributed by atoms with E-state index in [9.17, 15) is 22.8 Å². The zero-order chi connectivity index (χ0) is 14.2. The molecule has 2 rings (SSSR count). The minimum Gasteiger partial charge on any atom is -0.475 e. The zero-order valence-corrected chi connectivity index (χ0v) is 9.10. The number of hydrogen-bond donors (Lipinski definition) is 2. The minimum atomic E-state index is -4.48. The third-order valence-corrected chi connectivity index (χ3v) is 2.26. The van der Waals surface area contributed by atoms with Gasteiger partial charge in [0.15, 0.2) is 0 Å². The number of aromatic carboxylic acids is 1. The molecule has 0 aliphatic carbocycles. The number of aromatic nitrogens is 3. The Morgan fingerprint density at radius 3 is 2.26 bits per heavy atom. The molecule has 0 saturated heterocycles. The Balaban J connectivity index is 2.43. The van der Waals surface area contributed by atoms with Crippen LogP contribution in [0.5, 0.6) is 0 Å². The topological polar surface area (TPSA) is 88.0 Å². The molecule has 0 radical (unpaired) electrons. The number of benzene rings is 1. The Morgan fingerprint density at radius 2 is 1.84 bits per heavy atom. The molecule has 19 heavy (non-hydrogen) atoms. The van der Waals surface area contributed by atoms with E-state index in [4.69, 9.17) is 5.11 Å². The van der Waals surface area contributed by atoms with Crippen LogP contribution < -0.4 is 5.69 Å². The van der Waals surface area contributed by atoms with E-state index < -0.39 is 29.2 Å². The number of nitrogens with one attached hydrogen (secondary N) is 1. The van der Waals surface area contributed by atoms with Crippen LogP contribution in [0.1, 0.15) is 16.2 Å². The summed E-state index contributed by atoms with van der Waals surface area (Å²) >= 11 is 0. The van der Waals surface area contributed by atoms with Crippen LogP contribution in [0.25, 0.3) is 5.69 Å². The number of H-pyrrole nitrogens is 1. The second kappa shape index (κ2) is 4.26. The van der Waals surface area contributed by atoms with Gasteiger partial charge in [0.2, 0.25) is 5.82 Å². The number of aromatic amines is 1. The van der Waals surface area contributed by atoms with Gasteiger partial charge >= 0.3 is 17.8 Å². The molecule has 2 aromatic rings. The van der Waals surface area contributed by atoms with Gasteiger partial charge in [-0.05, 0) is 24.3 Å². The van der Waals surface area contributed by atoms with E-state index in [1.54, 1.807) is 0 Å². The number of nitrogens with zero attached hydrogens (tertiary/aromatic N) is 2. The van der Waals surface area contributed by atoms with Crippen LogP contribution in [0, 0.1) is 0 Å². The van der Waals surface area contributed by atoms with Crippen molar-refractivity contribution in [2.24, 2.45) is 0 Å². The van der Waals surface area contributed by atoms with E-state index in [0.29, 0.717) is 4.68 Å². The van der Waals surface area contributed by atoms with Crippen LogP contribution in [0.2, 0.25) is 0 Å². The predicted octanol–water partition coefficient (Wildman–Crippen LogP) is 1.28. The van der Waals surface area contributed by atoms with Crippen molar-refractivity contribution in [3.05, 3.63) is 46.1 Å². The van der Waals surface area contributed by atoms with Crippen LogP contribution in [-0.2, 0) is 6.18 Å². The van der Waals surface area contributed by atoms with Crippen LogP contribution in [0.15, 0.2) is 29.1 Å². The van der Waals surface area contributed by atoms with E-state index >= 15 is 0 Å². The van der Waals surface area contributed by atoms with Gasteiger partial charge in [-0.25, -0.2) is 9.59 Å². The van der Waals surface area contributed by atoms with E-state index in [1.807, 2.05) is 4.98 Å². The molecule has 0 saturated carbocycles. The molecule has 1 heterocycles. The summed E-state index contributed by atoms with van der Waals surface area (Å²) in [5.74, 6) is -2.03. The Kier molecular flexibility index (Phi) is 2.89. The third kappa shape index (κ3) is 2.49. The SMILES string of the molecule is O=C(O)c1nn(-c2ccc(C(F)(F)F)cc2)c(=O)[nH]1. The lowest BCUT2D eigenvalue weighted by Crippen LogP contribution is -2.16. The Hall–Kier alpha value is -2.58. The van der Waals surface area contributed by atoms with Crippen molar-refractivity contribution in [2.75, 3.05) is 0 Å². The van der Waals surface area contributed by atoms with E-state index in [0.717, 1.165) is 24.3 Å². The summed E-state index contributed by atoms with van der Waals surface area (Å²) in [6, 6.07) is 3.60. The Morgan fingerprint density at radius 1 is 1.26 bits per heavy atom. The fourth-order valence-electron chi connectivity index (χ4n) is 1.39. The van der Waals surface area contributed by atoms with Crippen molar-refractivity contribution >= 4 is 5.97 Å². The molecule has 0 amide bonds. The highest BCUT2D eigenvalue weighted by molar-refractivity contribution is 5.82. The quantitative estimate of drug-likeness (QED) is 0.862. The Labute approximate surface area is 103 Å². The Bertz CT molecular complexity index is 670. The van der Waals surface area contributed by atoms with Crippen molar-refractivity contribution in [1.29, 1.82) is 0 Å². The molecule has 1 aromatic heterocycles. The van der Waals surface area contributed by atoms with Crippen molar-refractivity contribution < 1.29 is 23.1 Å². The van der Waals surface area contributed by atoms with Crippen LogP contribution in [0.4, 0.5) is 13.2 Å². The number of carbonyl (C=O) groups is 1. The minimum absolute atomic E-state index is 0.0294. The van der Waals surface area contributed by atoms with Gasteiger partial charge in [0.25, 0.3) is 0 Å². The number of carboxylic acid groups (broad SMARTS) is 1. The van der Waals surface area contributed by atoms with E-state index in [-0.39, 0.29) is 5.69 Å². The fourth-order valence-corrected chi connectivity index (χ4v) is 1.39. The van der Waals surface area contributed by atoms with Gasteiger partial charge in [-0.3, -0.25) is 4.98 Å². The van der Waals surface area contributed by atoms with Crippen LogP contribution in [-0.4, -0.2) is 25.8 Å². The molecule has 0 unspecified atom stereocenters. The maximum atomic E-state index is 12.3. The molecule has 1 aromatic carbocycles. The lowest BCUT2D eigenvalue weighted by atomic mass is 10.2. The first kappa shape index (κ1) is 12.9. The predicted molar refractivity (Wildman–Crippen MR) is 56.1 cm³/mol. The highest BCUT2D eigenvalue weighted by atomic mass is 19.4. The summed E-state index contributed by atoms with van der Waals surface area (Å²) in [5, 5.41) is 12.1. The molecule has 0 aliphatic rings. The largest absolute Gasteiger partial charge is 0.475 e. The molecule has 2 N–H and O–H groups in total. The van der Waals surface area contributed by atoms with Gasteiger partial charge in [0, 0.05) is 0 Å². The second-order valence-corrected chi connectivity index (χ2v) is 3.54. The highest BCUT2D eigenvalue weighted by Gasteiger charge is 2.30. The molecular weight excluding hydrogens is 267 g/mol. The number of rotatable bonds is 2. The maximum Gasteiger partial charge on any atom is 0.416 e. The average Bonchev–Trinajstić information content (AvgIpc) is 2.70. The maximum absolute atomic E-state index is 12.3. The number of alkyl halides is 3. The number of carboxylic acids is 1. The normalized spacial score (nSPS) is 11.5. The van der Waals surface area contributed by atoms with Crippen molar-refractivity contribution in [3.8, 4) is 5.69 Å². The molecule has 0 aliphatic heterocycles. The van der Waals surface area contributed by atoms with Gasteiger partial charge < -0.3 is 5.11 Å². The van der Waals surface area contributed by atoms with Crippen molar-refractivity contribution in [1.82, 2.24) is 14.8 Å². The number of hydrogen-bond acceptors (Lipinski definition) is 3.